The standard InChI is InChI=1S/C14H17ClFNO2/c1-9-7-10(14(18)19)5-6-17(9)8-11-3-2-4-12(15)13(11)16/h2-4,9-10H,5-8H2,1H3,(H,18,19). The van der Waals surface area contributed by atoms with E-state index in [0.717, 1.165) is 0 Å². The van der Waals surface area contributed by atoms with Gasteiger partial charge in [-0.25, -0.2) is 4.39 Å². The van der Waals surface area contributed by atoms with Crippen LogP contribution in [-0.4, -0.2) is 28.6 Å². The van der Waals surface area contributed by atoms with Crippen molar-refractivity contribution >= 4 is 17.6 Å². The minimum absolute atomic E-state index is 0.130. The molecule has 0 amide bonds. The number of piperidine rings is 1. The molecular formula is C14H17ClFNO2. The number of carboxylic acid groups (broad SMARTS) is 1. The lowest BCUT2D eigenvalue weighted by molar-refractivity contribution is -0.144. The van der Waals surface area contributed by atoms with Crippen molar-refractivity contribution in [3.05, 3.63) is 34.6 Å². The first-order valence-electron chi connectivity index (χ1n) is 6.38. The quantitative estimate of drug-likeness (QED) is 0.927. The second-order valence-electron chi connectivity index (χ2n) is 5.09. The first-order valence-corrected chi connectivity index (χ1v) is 6.76. The maximum atomic E-state index is 13.8. The van der Waals surface area contributed by atoms with Crippen molar-refractivity contribution in [3.8, 4) is 0 Å². The minimum Gasteiger partial charge on any atom is -0.481 e. The molecule has 0 aliphatic carbocycles. The number of rotatable bonds is 3. The highest BCUT2D eigenvalue weighted by Gasteiger charge is 2.29. The molecule has 1 aliphatic rings. The molecule has 1 N–H and O–H groups in total. The second-order valence-corrected chi connectivity index (χ2v) is 5.50. The van der Waals surface area contributed by atoms with Crippen LogP contribution in [0.15, 0.2) is 18.2 Å². The van der Waals surface area contributed by atoms with E-state index >= 15 is 0 Å². The Morgan fingerprint density at radius 1 is 1.58 bits per heavy atom. The van der Waals surface area contributed by atoms with E-state index < -0.39 is 5.97 Å². The lowest BCUT2D eigenvalue weighted by Crippen LogP contribution is -2.42. The van der Waals surface area contributed by atoms with Gasteiger partial charge in [-0.2, -0.15) is 0 Å². The maximum absolute atomic E-state index is 13.8. The molecule has 1 aromatic rings. The Morgan fingerprint density at radius 2 is 2.32 bits per heavy atom. The summed E-state index contributed by atoms with van der Waals surface area (Å²) in [6, 6.07) is 5.11. The summed E-state index contributed by atoms with van der Waals surface area (Å²) in [5.41, 5.74) is 0.563. The summed E-state index contributed by atoms with van der Waals surface area (Å²) in [7, 11) is 0. The topological polar surface area (TPSA) is 40.5 Å². The zero-order valence-electron chi connectivity index (χ0n) is 10.8. The van der Waals surface area contributed by atoms with Gasteiger partial charge in [0.05, 0.1) is 10.9 Å². The van der Waals surface area contributed by atoms with E-state index in [-0.39, 0.29) is 22.8 Å². The first kappa shape index (κ1) is 14.3. The fourth-order valence-electron chi connectivity index (χ4n) is 2.57. The van der Waals surface area contributed by atoms with Gasteiger partial charge in [-0.3, -0.25) is 9.69 Å². The summed E-state index contributed by atoms with van der Waals surface area (Å²) >= 11 is 5.76. The van der Waals surface area contributed by atoms with E-state index in [4.69, 9.17) is 16.7 Å². The summed E-state index contributed by atoms with van der Waals surface area (Å²) in [5.74, 6) is -1.40. The molecule has 1 aliphatic heterocycles. The molecule has 2 rings (SSSR count). The minimum atomic E-state index is -0.736. The molecule has 1 heterocycles. The van der Waals surface area contributed by atoms with Gasteiger partial charge >= 0.3 is 5.97 Å². The van der Waals surface area contributed by atoms with E-state index in [2.05, 4.69) is 4.90 Å². The van der Waals surface area contributed by atoms with Crippen LogP contribution < -0.4 is 0 Å². The summed E-state index contributed by atoms with van der Waals surface area (Å²) in [6.07, 6.45) is 1.22. The van der Waals surface area contributed by atoms with Crippen LogP contribution in [-0.2, 0) is 11.3 Å². The van der Waals surface area contributed by atoms with E-state index in [1.807, 2.05) is 6.92 Å². The molecule has 0 spiro atoms. The van der Waals surface area contributed by atoms with Gasteiger partial charge in [0.1, 0.15) is 5.82 Å². The van der Waals surface area contributed by atoms with Crippen molar-refractivity contribution in [2.75, 3.05) is 6.54 Å². The van der Waals surface area contributed by atoms with Gasteiger partial charge in [0.15, 0.2) is 0 Å². The molecule has 104 valence electrons. The number of carbonyl (C=O) groups is 1. The Hall–Kier alpha value is -1.13. The highest BCUT2D eigenvalue weighted by molar-refractivity contribution is 6.30. The van der Waals surface area contributed by atoms with Gasteiger partial charge in [-0.05, 0) is 32.4 Å². The average molecular weight is 286 g/mol. The number of halogens is 2. The average Bonchev–Trinajstić information content (AvgIpc) is 2.37. The zero-order chi connectivity index (χ0) is 14.0. The number of nitrogens with zero attached hydrogens (tertiary/aromatic N) is 1. The Kier molecular flexibility index (Phi) is 4.42. The van der Waals surface area contributed by atoms with Gasteiger partial charge in [0.25, 0.3) is 0 Å². The molecule has 1 aromatic carbocycles. The third-order valence-corrected chi connectivity index (χ3v) is 4.06. The number of benzene rings is 1. The zero-order valence-corrected chi connectivity index (χ0v) is 11.5. The summed E-state index contributed by atoms with van der Waals surface area (Å²) < 4.78 is 13.8. The van der Waals surface area contributed by atoms with Crippen LogP contribution in [0, 0.1) is 11.7 Å². The highest BCUT2D eigenvalue weighted by Crippen LogP contribution is 2.26. The normalized spacial score (nSPS) is 24.4. The Morgan fingerprint density at radius 3 is 2.95 bits per heavy atom. The van der Waals surface area contributed by atoms with Gasteiger partial charge in [0, 0.05) is 18.2 Å². The number of hydrogen-bond acceptors (Lipinski definition) is 2. The summed E-state index contributed by atoms with van der Waals surface area (Å²) in [4.78, 5) is 13.1. The van der Waals surface area contributed by atoms with Crippen LogP contribution in [0.3, 0.4) is 0 Å². The third-order valence-electron chi connectivity index (χ3n) is 3.77. The molecule has 0 saturated carbocycles. The van der Waals surface area contributed by atoms with E-state index in [1.165, 1.54) is 6.07 Å². The Labute approximate surface area is 117 Å². The van der Waals surface area contributed by atoms with Gasteiger partial charge < -0.3 is 5.11 Å². The molecule has 19 heavy (non-hydrogen) atoms. The smallest absolute Gasteiger partial charge is 0.306 e. The van der Waals surface area contributed by atoms with Crippen LogP contribution in [0.25, 0.3) is 0 Å². The first-order chi connectivity index (χ1) is 8.99. The SMILES string of the molecule is CC1CC(C(=O)O)CCN1Cc1cccc(Cl)c1F. The maximum Gasteiger partial charge on any atom is 0.306 e. The molecule has 5 heteroatoms. The Balaban J connectivity index is 2.04. The molecule has 3 nitrogen and oxygen atoms in total. The van der Waals surface area contributed by atoms with Gasteiger partial charge in [0.2, 0.25) is 0 Å². The fourth-order valence-corrected chi connectivity index (χ4v) is 2.76. The van der Waals surface area contributed by atoms with Crippen molar-refractivity contribution in [2.24, 2.45) is 5.92 Å². The van der Waals surface area contributed by atoms with Crippen molar-refractivity contribution in [3.63, 3.8) is 0 Å². The van der Waals surface area contributed by atoms with Crippen molar-refractivity contribution in [2.45, 2.75) is 32.4 Å². The number of aliphatic carboxylic acids is 1. The summed E-state index contributed by atoms with van der Waals surface area (Å²) in [6.45, 7) is 3.13. The fraction of sp³-hybridized carbons (Fsp3) is 0.500. The molecule has 0 aromatic heterocycles. The predicted molar refractivity (Wildman–Crippen MR) is 71.6 cm³/mol. The van der Waals surface area contributed by atoms with E-state index in [0.29, 0.717) is 31.5 Å². The predicted octanol–water partition coefficient (Wildman–Crippen LogP) is 3.16. The number of carboxylic acids is 1. The largest absolute Gasteiger partial charge is 0.481 e. The summed E-state index contributed by atoms with van der Waals surface area (Å²) in [5, 5.41) is 9.15. The molecule has 0 radical (unpaired) electrons. The van der Waals surface area contributed by atoms with Crippen LogP contribution in [0.5, 0.6) is 0 Å². The lowest BCUT2D eigenvalue weighted by atomic mass is 9.91. The second kappa shape index (κ2) is 5.88. The molecule has 1 saturated heterocycles. The number of hydrogen-bond donors (Lipinski definition) is 1. The molecular weight excluding hydrogens is 269 g/mol. The van der Waals surface area contributed by atoms with Crippen molar-refractivity contribution < 1.29 is 14.3 Å². The van der Waals surface area contributed by atoms with Crippen LogP contribution in [0.4, 0.5) is 4.39 Å². The number of likely N-dealkylation sites (tertiary alicyclic amines) is 1. The van der Waals surface area contributed by atoms with Crippen LogP contribution in [0.2, 0.25) is 5.02 Å². The Bertz CT molecular complexity index is 481. The van der Waals surface area contributed by atoms with E-state index in [1.54, 1.807) is 12.1 Å². The molecule has 2 atom stereocenters. The van der Waals surface area contributed by atoms with Crippen molar-refractivity contribution in [1.82, 2.24) is 4.90 Å². The molecule has 0 bridgehead atoms. The lowest BCUT2D eigenvalue weighted by Gasteiger charge is -2.36. The van der Waals surface area contributed by atoms with Crippen LogP contribution in [0.1, 0.15) is 25.3 Å². The van der Waals surface area contributed by atoms with Crippen molar-refractivity contribution in [1.29, 1.82) is 0 Å². The molecule has 1 fully saturated rings. The van der Waals surface area contributed by atoms with E-state index in [9.17, 15) is 9.18 Å². The van der Waals surface area contributed by atoms with Gasteiger partial charge in [-0.15, -0.1) is 0 Å². The molecule has 2 unspecified atom stereocenters. The van der Waals surface area contributed by atoms with Gasteiger partial charge in [-0.1, -0.05) is 23.7 Å². The monoisotopic (exact) mass is 285 g/mol. The van der Waals surface area contributed by atoms with Crippen LogP contribution >= 0.6 is 11.6 Å². The highest BCUT2D eigenvalue weighted by atomic mass is 35.5. The third kappa shape index (κ3) is 3.25.